The SMILES string of the molecule is Cc1c(C=C2SC(=S)N(CCc3ccc(S(N)(=O)=O)cc3)C2=O)cnn1C. The van der Waals surface area contributed by atoms with Gasteiger partial charge in [-0.05, 0) is 37.1 Å². The number of thiocarbonyl (C=S) groups is 1. The number of carbonyl (C=O) groups is 1. The third-order valence-corrected chi connectivity index (χ3v) is 6.62. The summed E-state index contributed by atoms with van der Waals surface area (Å²) in [6.45, 7) is 2.35. The lowest BCUT2D eigenvalue weighted by molar-refractivity contribution is -0.122. The van der Waals surface area contributed by atoms with Gasteiger partial charge >= 0.3 is 0 Å². The standard InChI is InChI=1S/C17H18N4O3S3/c1-11-13(10-19-20(11)2)9-15-16(22)21(17(25)26-15)8-7-12-3-5-14(6-4-12)27(18,23)24/h3-6,9-10H,7-8H2,1-2H3,(H2,18,23,24). The molecule has 2 heterocycles. The molecule has 2 N–H and O–H groups in total. The van der Waals surface area contributed by atoms with E-state index < -0.39 is 10.0 Å². The Morgan fingerprint density at radius 2 is 1.96 bits per heavy atom. The number of hydrogen-bond donors (Lipinski definition) is 1. The Bertz CT molecular complexity index is 1040. The largest absolute Gasteiger partial charge is 0.293 e. The zero-order valence-electron chi connectivity index (χ0n) is 14.7. The van der Waals surface area contributed by atoms with Gasteiger partial charge in [0.1, 0.15) is 4.32 Å². The minimum absolute atomic E-state index is 0.0617. The Balaban J connectivity index is 1.70. The van der Waals surface area contributed by atoms with Crippen LogP contribution in [0, 0.1) is 6.92 Å². The van der Waals surface area contributed by atoms with Crippen LogP contribution in [0.25, 0.3) is 6.08 Å². The van der Waals surface area contributed by atoms with Crippen LogP contribution in [0.5, 0.6) is 0 Å². The van der Waals surface area contributed by atoms with E-state index in [1.54, 1.807) is 27.9 Å². The first-order valence-corrected chi connectivity index (χ1v) is 10.8. The molecular weight excluding hydrogens is 404 g/mol. The Kier molecular flexibility index (Phi) is 5.52. The van der Waals surface area contributed by atoms with Gasteiger partial charge in [-0.2, -0.15) is 5.10 Å². The first-order valence-electron chi connectivity index (χ1n) is 8.02. The fourth-order valence-electron chi connectivity index (χ4n) is 2.58. The molecule has 10 heteroatoms. The smallest absolute Gasteiger partial charge is 0.266 e. The highest BCUT2D eigenvalue weighted by Crippen LogP contribution is 2.33. The molecular formula is C17H18N4O3S3. The van der Waals surface area contributed by atoms with Crippen LogP contribution in [0.4, 0.5) is 0 Å². The molecule has 1 saturated heterocycles. The highest BCUT2D eigenvalue weighted by atomic mass is 32.2. The van der Waals surface area contributed by atoms with Gasteiger partial charge in [0.15, 0.2) is 0 Å². The summed E-state index contributed by atoms with van der Waals surface area (Å²) in [4.78, 5) is 14.9. The molecule has 27 heavy (non-hydrogen) atoms. The zero-order valence-corrected chi connectivity index (χ0v) is 17.2. The van der Waals surface area contributed by atoms with E-state index >= 15 is 0 Å². The van der Waals surface area contributed by atoms with Gasteiger partial charge in [0, 0.05) is 24.8 Å². The van der Waals surface area contributed by atoms with Gasteiger partial charge in [0.25, 0.3) is 5.91 Å². The van der Waals surface area contributed by atoms with Crippen molar-refractivity contribution >= 4 is 50.3 Å². The number of aryl methyl sites for hydroxylation is 1. The molecule has 1 fully saturated rings. The monoisotopic (exact) mass is 422 g/mol. The van der Waals surface area contributed by atoms with Crippen LogP contribution in [0.3, 0.4) is 0 Å². The van der Waals surface area contributed by atoms with Crippen molar-refractivity contribution in [2.45, 2.75) is 18.2 Å². The van der Waals surface area contributed by atoms with Crippen LogP contribution in [0.15, 0.2) is 40.3 Å². The van der Waals surface area contributed by atoms with E-state index in [4.69, 9.17) is 17.4 Å². The molecule has 0 spiro atoms. The van der Waals surface area contributed by atoms with Crippen molar-refractivity contribution in [1.82, 2.24) is 14.7 Å². The highest BCUT2D eigenvalue weighted by Gasteiger charge is 2.31. The number of nitrogens with two attached hydrogens (primary N) is 1. The van der Waals surface area contributed by atoms with Gasteiger partial charge in [-0.25, -0.2) is 13.6 Å². The summed E-state index contributed by atoms with van der Waals surface area (Å²) < 4.78 is 24.9. The number of primary sulfonamides is 1. The molecule has 0 bridgehead atoms. The minimum atomic E-state index is -3.71. The van der Waals surface area contributed by atoms with Crippen LogP contribution >= 0.6 is 24.0 Å². The zero-order chi connectivity index (χ0) is 19.8. The van der Waals surface area contributed by atoms with Gasteiger partial charge in [-0.1, -0.05) is 36.1 Å². The van der Waals surface area contributed by atoms with Crippen LogP contribution < -0.4 is 5.14 Å². The van der Waals surface area contributed by atoms with Crippen molar-refractivity contribution < 1.29 is 13.2 Å². The van der Waals surface area contributed by atoms with E-state index in [1.165, 1.54) is 23.9 Å². The summed E-state index contributed by atoms with van der Waals surface area (Å²) in [6, 6.07) is 6.29. The molecule has 2 aromatic rings. The van der Waals surface area contributed by atoms with Crippen molar-refractivity contribution in [3.8, 4) is 0 Å². The van der Waals surface area contributed by atoms with Crippen molar-refractivity contribution in [1.29, 1.82) is 0 Å². The van der Waals surface area contributed by atoms with Crippen molar-refractivity contribution in [3.63, 3.8) is 0 Å². The summed E-state index contributed by atoms with van der Waals surface area (Å²) in [7, 11) is -1.86. The molecule has 0 saturated carbocycles. The Morgan fingerprint density at radius 3 is 2.52 bits per heavy atom. The van der Waals surface area contributed by atoms with Gasteiger partial charge in [-0.3, -0.25) is 14.4 Å². The second-order valence-electron chi connectivity index (χ2n) is 6.08. The van der Waals surface area contributed by atoms with Crippen LogP contribution in [0.2, 0.25) is 0 Å². The normalized spacial score (nSPS) is 16.6. The fraction of sp³-hybridized carbons (Fsp3) is 0.235. The Hall–Kier alpha value is -2.01. The van der Waals surface area contributed by atoms with E-state index in [-0.39, 0.29) is 10.8 Å². The Labute approximate surface area is 167 Å². The molecule has 1 aliphatic rings. The Morgan fingerprint density at radius 1 is 1.30 bits per heavy atom. The number of hydrogen-bond acceptors (Lipinski definition) is 6. The average molecular weight is 423 g/mol. The predicted octanol–water partition coefficient (Wildman–Crippen LogP) is 1.82. The van der Waals surface area contributed by atoms with Crippen LogP contribution in [-0.4, -0.2) is 39.9 Å². The van der Waals surface area contributed by atoms with Crippen molar-refractivity contribution in [2.24, 2.45) is 12.2 Å². The summed E-state index contributed by atoms with van der Waals surface area (Å²) >= 11 is 6.62. The summed E-state index contributed by atoms with van der Waals surface area (Å²) in [6.07, 6.45) is 4.08. The number of thioether (sulfide) groups is 1. The third kappa shape index (κ3) is 4.29. The molecule has 1 aliphatic heterocycles. The summed E-state index contributed by atoms with van der Waals surface area (Å²) in [5.74, 6) is -0.130. The molecule has 7 nitrogen and oxygen atoms in total. The second-order valence-corrected chi connectivity index (χ2v) is 9.32. The molecule has 0 unspecified atom stereocenters. The molecule has 3 rings (SSSR count). The van der Waals surface area contributed by atoms with Gasteiger partial charge < -0.3 is 0 Å². The average Bonchev–Trinajstić information content (AvgIpc) is 3.06. The lowest BCUT2D eigenvalue weighted by Gasteiger charge is -2.14. The first-order chi connectivity index (χ1) is 12.7. The molecule has 1 aromatic carbocycles. The number of nitrogens with zero attached hydrogens (tertiary/aromatic N) is 3. The van der Waals surface area contributed by atoms with E-state index in [1.807, 2.05) is 20.0 Å². The van der Waals surface area contributed by atoms with Crippen LogP contribution in [0.1, 0.15) is 16.8 Å². The van der Waals surface area contributed by atoms with Gasteiger partial charge in [-0.15, -0.1) is 0 Å². The number of rotatable bonds is 5. The number of carbonyl (C=O) groups excluding carboxylic acids is 1. The van der Waals surface area contributed by atoms with E-state index in [0.717, 1.165) is 16.8 Å². The summed E-state index contributed by atoms with van der Waals surface area (Å²) in [5.41, 5.74) is 2.75. The van der Waals surface area contributed by atoms with Crippen molar-refractivity contribution in [3.05, 3.63) is 52.2 Å². The third-order valence-electron chi connectivity index (χ3n) is 4.31. The highest BCUT2D eigenvalue weighted by molar-refractivity contribution is 8.26. The van der Waals surface area contributed by atoms with Gasteiger partial charge in [0.2, 0.25) is 10.0 Å². The van der Waals surface area contributed by atoms with E-state index in [0.29, 0.717) is 22.2 Å². The van der Waals surface area contributed by atoms with E-state index in [2.05, 4.69) is 5.10 Å². The minimum Gasteiger partial charge on any atom is -0.293 e. The number of aromatic nitrogens is 2. The lowest BCUT2D eigenvalue weighted by atomic mass is 10.1. The maximum absolute atomic E-state index is 12.7. The quantitative estimate of drug-likeness (QED) is 0.583. The predicted molar refractivity (Wildman–Crippen MR) is 109 cm³/mol. The van der Waals surface area contributed by atoms with Gasteiger partial charge in [0.05, 0.1) is 16.0 Å². The molecule has 0 aliphatic carbocycles. The maximum Gasteiger partial charge on any atom is 0.266 e. The molecule has 0 atom stereocenters. The molecule has 142 valence electrons. The number of sulfonamides is 1. The molecule has 1 amide bonds. The van der Waals surface area contributed by atoms with Crippen LogP contribution in [-0.2, 0) is 28.3 Å². The lowest BCUT2D eigenvalue weighted by Crippen LogP contribution is -2.30. The molecule has 1 aromatic heterocycles. The van der Waals surface area contributed by atoms with Crippen molar-refractivity contribution in [2.75, 3.05) is 6.54 Å². The topological polar surface area (TPSA) is 98.3 Å². The number of benzene rings is 1. The van der Waals surface area contributed by atoms with E-state index in [9.17, 15) is 13.2 Å². The summed E-state index contributed by atoms with van der Waals surface area (Å²) in [5, 5.41) is 9.27. The number of amides is 1. The second kappa shape index (κ2) is 7.55. The first kappa shape index (κ1) is 19.7. The molecule has 0 radical (unpaired) electrons. The fourth-order valence-corrected chi connectivity index (χ4v) is 4.39. The maximum atomic E-state index is 12.7.